The van der Waals surface area contributed by atoms with Crippen LogP contribution in [-0.2, 0) is 12.4 Å². The first-order valence-electron chi connectivity index (χ1n) is 9.88. The second kappa shape index (κ2) is 10.3. The lowest BCUT2D eigenvalue weighted by atomic mass is 10.2. The third-order valence-corrected chi connectivity index (χ3v) is 6.49. The van der Waals surface area contributed by atoms with Gasteiger partial charge in [0.05, 0.1) is 16.4 Å². The number of benzene rings is 3. The van der Waals surface area contributed by atoms with Crippen molar-refractivity contribution in [2.24, 2.45) is 0 Å². The summed E-state index contributed by atoms with van der Waals surface area (Å²) in [4.78, 5) is 18.3. The zero-order valence-corrected chi connectivity index (χ0v) is 18.7. The Bertz CT molecular complexity index is 1160. The van der Waals surface area contributed by atoms with E-state index < -0.39 is 0 Å². The molecule has 4 aromatic rings. The predicted molar refractivity (Wildman–Crippen MR) is 128 cm³/mol. The molecule has 156 valence electrons. The first-order valence-corrected chi connectivity index (χ1v) is 11.7. The molecule has 0 spiro atoms. The summed E-state index contributed by atoms with van der Waals surface area (Å²) in [7, 11) is 0. The molecule has 0 atom stereocenters. The van der Waals surface area contributed by atoms with Crippen molar-refractivity contribution in [3.05, 3.63) is 106 Å². The first kappa shape index (κ1) is 21.2. The molecule has 0 radical (unpaired) electrons. The number of aromatic nitrogens is 1. The van der Waals surface area contributed by atoms with Crippen molar-refractivity contribution in [2.75, 3.05) is 5.32 Å². The summed E-state index contributed by atoms with van der Waals surface area (Å²) < 4.78 is 5.82. The van der Waals surface area contributed by atoms with E-state index in [2.05, 4.69) is 22.4 Å². The second-order valence-corrected chi connectivity index (χ2v) is 8.98. The molecule has 4 rings (SSSR count). The van der Waals surface area contributed by atoms with Gasteiger partial charge >= 0.3 is 0 Å². The minimum Gasteiger partial charge on any atom is -0.487 e. The molecule has 0 saturated carbocycles. The summed E-state index contributed by atoms with van der Waals surface area (Å²) in [5.74, 6) is 1.32. The summed E-state index contributed by atoms with van der Waals surface area (Å²) in [5.41, 5.74) is 3.49. The molecule has 31 heavy (non-hydrogen) atoms. The van der Waals surface area contributed by atoms with Crippen molar-refractivity contribution in [3.63, 3.8) is 0 Å². The van der Waals surface area contributed by atoms with Crippen LogP contribution in [0.1, 0.15) is 26.6 Å². The number of amides is 1. The SMILES string of the molecule is Cc1nc(COc2cccc(C(=O)Nc3ccccc3SCc3ccccc3)c2)cs1. The number of hydrogen-bond donors (Lipinski definition) is 1. The largest absolute Gasteiger partial charge is 0.487 e. The van der Waals surface area contributed by atoms with Gasteiger partial charge in [-0.2, -0.15) is 0 Å². The highest BCUT2D eigenvalue weighted by Gasteiger charge is 2.11. The highest BCUT2D eigenvalue weighted by atomic mass is 32.2. The molecule has 0 aliphatic heterocycles. The topological polar surface area (TPSA) is 51.2 Å². The molecule has 0 aliphatic rings. The maximum absolute atomic E-state index is 12.9. The number of nitrogens with zero attached hydrogens (tertiary/aromatic N) is 1. The zero-order chi connectivity index (χ0) is 21.5. The van der Waals surface area contributed by atoms with Gasteiger partial charge in [-0.05, 0) is 42.8 Å². The summed E-state index contributed by atoms with van der Waals surface area (Å²) in [6.45, 7) is 2.35. The number of rotatable bonds is 8. The number of aryl methyl sites for hydroxylation is 1. The average Bonchev–Trinajstić information content (AvgIpc) is 3.23. The van der Waals surface area contributed by atoms with Gasteiger partial charge in [0.1, 0.15) is 12.4 Å². The van der Waals surface area contributed by atoms with E-state index in [1.54, 1.807) is 35.2 Å². The Labute approximate surface area is 190 Å². The Morgan fingerprint density at radius 2 is 1.84 bits per heavy atom. The molecule has 0 saturated heterocycles. The third kappa shape index (κ3) is 5.96. The lowest BCUT2D eigenvalue weighted by Gasteiger charge is -2.12. The monoisotopic (exact) mass is 446 g/mol. The fraction of sp³-hybridized carbons (Fsp3) is 0.120. The minimum absolute atomic E-state index is 0.164. The van der Waals surface area contributed by atoms with E-state index in [-0.39, 0.29) is 5.91 Å². The molecule has 0 fully saturated rings. The van der Waals surface area contributed by atoms with Gasteiger partial charge < -0.3 is 10.1 Å². The Hall–Kier alpha value is -3.09. The number of anilines is 1. The van der Waals surface area contributed by atoms with Crippen LogP contribution in [0.4, 0.5) is 5.69 Å². The maximum atomic E-state index is 12.9. The van der Waals surface area contributed by atoms with Crippen molar-refractivity contribution in [2.45, 2.75) is 24.2 Å². The fourth-order valence-electron chi connectivity index (χ4n) is 2.98. The molecule has 4 nitrogen and oxygen atoms in total. The number of para-hydroxylation sites is 1. The van der Waals surface area contributed by atoms with Crippen molar-refractivity contribution >= 4 is 34.7 Å². The van der Waals surface area contributed by atoms with E-state index in [4.69, 9.17) is 4.74 Å². The number of ether oxygens (including phenoxy) is 1. The standard InChI is InChI=1S/C25H22N2O2S2/c1-18-26-21(17-30-18)15-29-22-11-7-10-20(14-22)25(28)27-23-12-5-6-13-24(23)31-16-19-8-3-2-4-9-19/h2-14,17H,15-16H2,1H3,(H,27,28). The van der Waals surface area contributed by atoms with Crippen LogP contribution < -0.4 is 10.1 Å². The van der Waals surface area contributed by atoms with E-state index >= 15 is 0 Å². The van der Waals surface area contributed by atoms with E-state index in [1.165, 1.54) is 5.56 Å². The Morgan fingerprint density at radius 1 is 1.03 bits per heavy atom. The minimum atomic E-state index is -0.164. The van der Waals surface area contributed by atoms with Gasteiger partial charge in [-0.3, -0.25) is 4.79 Å². The smallest absolute Gasteiger partial charge is 0.255 e. The molecular formula is C25H22N2O2S2. The second-order valence-electron chi connectivity index (χ2n) is 6.90. The van der Waals surface area contributed by atoms with E-state index in [1.807, 2.05) is 66.9 Å². The van der Waals surface area contributed by atoms with E-state index in [0.29, 0.717) is 17.9 Å². The molecule has 1 heterocycles. The third-order valence-electron chi connectivity index (χ3n) is 4.52. The highest BCUT2D eigenvalue weighted by molar-refractivity contribution is 7.98. The van der Waals surface area contributed by atoms with Gasteiger partial charge in [0.25, 0.3) is 5.91 Å². The van der Waals surface area contributed by atoms with Gasteiger partial charge in [-0.1, -0.05) is 48.5 Å². The summed E-state index contributed by atoms with van der Waals surface area (Å²) in [6.07, 6.45) is 0. The lowest BCUT2D eigenvalue weighted by Crippen LogP contribution is -2.12. The molecule has 1 N–H and O–H groups in total. The number of thioether (sulfide) groups is 1. The molecule has 0 bridgehead atoms. The molecule has 6 heteroatoms. The lowest BCUT2D eigenvalue weighted by molar-refractivity contribution is 0.102. The Morgan fingerprint density at radius 3 is 2.65 bits per heavy atom. The summed E-state index contributed by atoms with van der Waals surface area (Å²) in [5, 5.41) is 6.03. The number of thiazole rings is 1. The molecular weight excluding hydrogens is 424 g/mol. The van der Waals surface area contributed by atoms with Crippen LogP contribution in [0.25, 0.3) is 0 Å². The van der Waals surface area contributed by atoms with Gasteiger partial charge in [-0.25, -0.2) is 4.98 Å². The molecule has 0 unspecified atom stereocenters. The van der Waals surface area contributed by atoms with Gasteiger partial charge in [0, 0.05) is 21.6 Å². The zero-order valence-electron chi connectivity index (χ0n) is 17.1. The van der Waals surface area contributed by atoms with Gasteiger partial charge in [-0.15, -0.1) is 23.1 Å². The van der Waals surface area contributed by atoms with Gasteiger partial charge in [0.2, 0.25) is 0 Å². The number of carbonyl (C=O) groups is 1. The predicted octanol–water partition coefficient (Wildman–Crippen LogP) is 6.58. The van der Waals surface area contributed by atoms with E-state index in [0.717, 1.165) is 27.0 Å². The van der Waals surface area contributed by atoms with E-state index in [9.17, 15) is 4.79 Å². The quantitative estimate of drug-likeness (QED) is 0.311. The van der Waals surface area contributed by atoms with Crippen LogP contribution in [-0.4, -0.2) is 10.9 Å². The van der Waals surface area contributed by atoms with Crippen LogP contribution >= 0.6 is 23.1 Å². The van der Waals surface area contributed by atoms with Crippen LogP contribution in [0.3, 0.4) is 0 Å². The first-order chi connectivity index (χ1) is 15.2. The number of carbonyl (C=O) groups excluding carboxylic acids is 1. The normalized spacial score (nSPS) is 10.6. The van der Waals surface area contributed by atoms with Crippen LogP contribution in [0.15, 0.2) is 89.1 Å². The Balaban J connectivity index is 1.41. The highest BCUT2D eigenvalue weighted by Crippen LogP contribution is 2.30. The van der Waals surface area contributed by atoms with Crippen molar-refractivity contribution < 1.29 is 9.53 Å². The average molecular weight is 447 g/mol. The molecule has 0 aliphatic carbocycles. The number of nitrogens with one attached hydrogen (secondary N) is 1. The molecule has 3 aromatic carbocycles. The fourth-order valence-corrected chi connectivity index (χ4v) is 4.55. The van der Waals surface area contributed by atoms with Crippen LogP contribution in [0.2, 0.25) is 0 Å². The summed E-state index contributed by atoms with van der Waals surface area (Å²) in [6, 6.07) is 25.4. The molecule has 1 amide bonds. The van der Waals surface area contributed by atoms with Crippen molar-refractivity contribution in [1.29, 1.82) is 0 Å². The maximum Gasteiger partial charge on any atom is 0.255 e. The molecule has 1 aromatic heterocycles. The number of hydrogen-bond acceptors (Lipinski definition) is 5. The Kier molecular flexibility index (Phi) is 7.02. The van der Waals surface area contributed by atoms with Crippen LogP contribution in [0.5, 0.6) is 5.75 Å². The summed E-state index contributed by atoms with van der Waals surface area (Å²) >= 11 is 3.30. The van der Waals surface area contributed by atoms with Crippen LogP contribution in [0, 0.1) is 6.92 Å². The van der Waals surface area contributed by atoms with Gasteiger partial charge in [0.15, 0.2) is 0 Å². The van der Waals surface area contributed by atoms with Crippen molar-refractivity contribution in [3.8, 4) is 5.75 Å². The van der Waals surface area contributed by atoms with Crippen molar-refractivity contribution in [1.82, 2.24) is 4.98 Å².